The maximum Gasteiger partial charge on any atom is 0.303 e. The van der Waals surface area contributed by atoms with Crippen LogP contribution in [0.2, 0.25) is 0 Å². The Bertz CT molecular complexity index is 466. The molecule has 1 atom stereocenters. The van der Waals surface area contributed by atoms with Crippen molar-refractivity contribution in [3.05, 3.63) is 11.8 Å². The highest BCUT2D eigenvalue weighted by atomic mass is 16.5. The van der Waals surface area contributed by atoms with Crippen LogP contribution in [0.25, 0.3) is 0 Å². The summed E-state index contributed by atoms with van der Waals surface area (Å²) in [5.74, 6) is 0.432. The molecule has 0 radical (unpaired) electrons. The topological polar surface area (TPSA) is 85.5 Å². The molecule has 2 rings (SSSR count). The summed E-state index contributed by atoms with van der Waals surface area (Å²) >= 11 is 0. The van der Waals surface area contributed by atoms with E-state index in [1.807, 2.05) is 6.92 Å². The van der Waals surface area contributed by atoms with Gasteiger partial charge in [-0.05, 0) is 31.6 Å². The van der Waals surface area contributed by atoms with Crippen molar-refractivity contribution in [2.75, 3.05) is 7.11 Å². The lowest BCUT2D eigenvalue weighted by atomic mass is 9.79. The minimum absolute atomic E-state index is 0.161. The molecule has 1 unspecified atom stereocenters. The van der Waals surface area contributed by atoms with Crippen LogP contribution in [0.1, 0.15) is 57.2 Å². The third kappa shape index (κ3) is 4.52. The van der Waals surface area contributed by atoms with Gasteiger partial charge in [0.05, 0.1) is 12.5 Å². The summed E-state index contributed by atoms with van der Waals surface area (Å²) in [4.78, 5) is 11.1. The number of aliphatic carboxylic acids is 1. The van der Waals surface area contributed by atoms with Gasteiger partial charge in [0.15, 0.2) is 0 Å². The Morgan fingerprint density at radius 1 is 1.38 bits per heavy atom. The van der Waals surface area contributed by atoms with Gasteiger partial charge in [0.2, 0.25) is 11.8 Å². The number of aryl methyl sites for hydroxylation is 1. The summed E-state index contributed by atoms with van der Waals surface area (Å²) < 4.78 is 10.9. The number of carbonyl (C=O) groups is 1. The van der Waals surface area contributed by atoms with E-state index in [2.05, 4.69) is 10.2 Å². The van der Waals surface area contributed by atoms with Crippen LogP contribution in [0.15, 0.2) is 4.42 Å². The summed E-state index contributed by atoms with van der Waals surface area (Å²) in [6, 6.07) is 0. The van der Waals surface area contributed by atoms with Crippen LogP contribution in [0.5, 0.6) is 0 Å². The van der Waals surface area contributed by atoms with Gasteiger partial charge in [0.25, 0.3) is 0 Å². The zero-order valence-corrected chi connectivity index (χ0v) is 12.8. The molecule has 0 spiro atoms. The van der Waals surface area contributed by atoms with E-state index in [0.717, 1.165) is 32.1 Å². The molecule has 6 nitrogen and oxygen atoms in total. The highest BCUT2D eigenvalue weighted by Gasteiger charge is 2.37. The fourth-order valence-corrected chi connectivity index (χ4v) is 3.09. The van der Waals surface area contributed by atoms with E-state index in [4.69, 9.17) is 14.3 Å². The number of nitrogens with zero attached hydrogens (tertiary/aromatic N) is 2. The molecule has 1 aromatic rings. The van der Waals surface area contributed by atoms with Crippen molar-refractivity contribution in [3.63, 3.8) is 0 Å². The average Bonchev–Trinajstić information content (AvgIpc) is 3.05. The molecule has 0 aliphatic heterocycles. The molecule has 1 aromatic heterocycles. The molecule has 1 fully saturated rings. The van der Waals surface area contributed by atoms with Crippen LogP contribution < -0.4 is 0 Å². The lowest BCUT2D eigenvalue weighted by Crippen LogP contribution is -2.24. The SMILES string of the molecule is COC(C)CCc1nnc(CC2(CC(=O)O)CCCC2)o1. The Balaban J connectivity index is 1.95. The summed E-state index contributed by atoms with van der Waals surface area (Å²) in [7, 11) is 1.68. The van der Waals surface area contributed by atoms with E-state index >= 15 is 0 Å². The Hall–Kier alpha value is -1.43. The zero-order valence-electron chi connectivity index (χ0n) is 12.8. The second-order valence-corrected chi connectivity index (χ2v) is 6.13. The van der Waals surface area contributed by atoms with Crippen molar-refractivity contribution in [2.24, 2.45) is 5.41 Å². The molecule has 1 saturated carbocycles. The maximum atomic E-state index is 11.1. The summed E-state index contributed by atoms with van der Waals surface area (Å²) in [5, 5.41) is 17.3. The van der Waals surface area contributed by atoms with Gasteiger partial charge in [-0.3, -0.25) is 4.79 Å². The minimum Gasteiger partial charge on any atom is -0.481 e. The van der Waals surface area contributed by atoms with Crippen molar-refractivity contribution in [1.29, 1.82) is 0 Å². The molecule has 21 heavy (non-hydrogen) atoms. The largest absolute Gasteiger partial charge is 0.481 e. The summed E-state index contributed by atoms with van der Waals surface area (Å²) in [5.41, 5.74) is -0.199. The quantitative estimate of drug-likeness (QED) is 0.793. The van der Waals surface area contributed by atoms with Crippen LogP contribution in [0, 0.1) is 5.41 Å². The first kappa shape index (κ1) is 15.9. The van der Waals surface area contributed by atoms with Crippen molar-refractivity contribution in [1.82, 2.24) is 10.2 Å². The van der Waals surface area contributed by atoms with Crippen LogP contribution in [0.3, 0.4) is 0 Å². The van der Waals surface area contributed by atoms with Crippen molar-refractivity contribution < 1.29 is 19.1 Å². The van der Waals surface area contributed by atoms with Gasteiger partial charge in [-0.15, -0.1) is 10.2 Å². The molecule has 0 bridgehead atoms. The molecular weight excluding hydrogens is 272 g/mol. The number of carboxylic acid groups (broad SMARTS) is 1. The molecule has 0 saturated heterocycles. The lowest BCUT2D eigenvalue weighted by molar-refractivity contribution is -0.139. The van der Waals surface area contributed by atoms with Gasteiger partial charge in [-0.2, -0.15) is 0 Å². The van der Waals surface area contributed by atoms with E-state index in [1.165, 1.54) is 0 Å². The molecule has 6 heteroatoms. The predicted octanol–water partition coefficient (Wildman–Crippen LogP) is 2.61. The van der Waals surface area contributed by atoms with Crippen molar-refractivity contribution >= 4 is 5.97 Å². The van der Waals surface area contributed by atoms with E-state index < -0.39 is 5.97 Å². The first-order valence-corrected chi connectivity index (χ1v) is 7.59. The monoisotopic (exact) mass is 296 g/mol. The molecule has 1 aliphatic rings. The average molecular weight is 296 g/mol. The van der Waals surface area contributed by atoms with E-state index in [9.17, 15) is 4.79 Å². The standard InChI is InChI=1S/C15H24N2O4/c1-11(20-2)5-6-12-16-17-13(21-12)9-15(10-14(18)19)7-3-4-8-15/h11H,3-10H2,1-2H3,(H,18,19). The van der Waals surface area contributed by atoms with Crippen LogP contribution >= 0.6 is 0 Å². The molecule has 1 heterocycles. The maximum absolute atomic E-state index is 11.1. The highest BCUT2D eigenvalue weighted by molar-refractivity contribution is 5.67. The van der Waals surface area contributed by atoms with Crippen LogP contribution in [-0.4, -0.2) is 34.5 Å². The second-order valence-electron chi connectivity index (χ2n) is 6.13. The first-order chi connectivity index (χ1) is 10.0. The van der Waals surface area contributed by atoms with E-state index in [0.29, 0.717) is 24.6 Å². The molecule has 1 N–H and O–H groups in total. The molecule has 1 aliphatic carbocycles. The van der Waals surface area contributed by atoms with Crippen molar-refractivity contribution in [3.8, 4) is 0 Å². The molecular formula is C15H24N2O4. The Morgan fingerprint density at radius 3 is 2.67 bits per heavy atom. The smallest absolute Gasteiger partial charge is 0.303 e. The predicted molar refractivity (Wildman–Crippen MR) is 75.9 cm³/mol. The fourth-order valence-electron chi connectivity index (χ4n) is 3.09. The van der Waals surface area contributed by atoms with Crippen LogP contribution in [-0.2, 0) is 22.4 Å². The normalized spacial score (nSPS) is 18.8. The van der Waals surface area contributed by atoms with Gasteiger partial charge in [0, 0.05) is 20.0 Å². The van der Waals surface area contributed by atoms with Gasteiger partial charge in [0.1, 0.15) is 0 Å². The third-order valence-electron chi connectivity index (χ3n) is 4.39. The molecule has 118 valence electrons. The number of methoxy groups -OCH3 is 1. The molecule has 0 aromatic carbocycles. The van der Waals surface area contributed by atoms with Crippen molar-refractivity contribution in [2.45, 2.75) is 64.4 Å². The number of carboxylic acids is 1. The zero-order chi connectivity index (χ0) is 15.3. The Labute approximate surface area is 124 Å². The Morgan fingerprint density at radius 2 is 2.05 bits per heavy atom. The number of hydrogen-bond donors (Lipinski definition) is 1. The second kappa shape index (κ2) is 7.02. The molecule has 0 amide bonds. The van der Waals surface area contributed by atoms with Gasteiger partial charge in [-0.1, -0.05) is 12.8 Å². The number of hydrogen-bond acceptors (Lipinski definition) is 5. The number of rotatable bonds is 8. The van der Waals surface area contributed by atoms with Gasteiger partial charge >= 0.3 is 5.97 Å². The number of aromatic nitrogens is 2. The summed E-state index contributed by atoms with van der Waals surface area (Å²) in [6.07, 6.45) is 6.46. The van der Waals surface area contributed by atoms with E-state index in [1.54, 1.807) is 7.11 Å². The van der Waals surface area contributed by atoms with E-state index in [-0.39, 0.29) is 17.9 Å². The lowest BCUT2D eigenvalue weighted by Gasteiger charge is -2.24. The Kier molecular flexibility index (Phi) is 5.33. The van der Waals surface area contributed by atoms with Gasteiger partial charge < -0.3 is 14.3 Å². The minimum atomic E-state index is -0.745. The van der Waals surface area contributed by atoms with Gasteiger partial charge in [-0.25, -0.2) is 0 Å². The number of ether oxygens (including phenoxy) is 1. The first-order valence-electron chi connectivity index (χ1n) is 7.59. The third-order valence-corrected chi connectivity index (χ3v) is 4.39. The van der Waals surface area contributed by atoms with Crippen LogP contribution in [0.4, 0.5) is 0 Å². The highest BCUT2D eigenvalue weighted by Crippen LogP contribution is 2.43. The summed E-state index contributed by atoms with van der Waals surface area (Å²) in [6.45, 7) is 2.00. The fraction of sp³-hybridized carbons (Fsp3) is 0.800.